The van der Waals surface area contributed by atoms with Gasteiger partial charge in [0.15, 0.2) is 6.61 Å². The molecule has 0 unspecified atom stereocenters. The highest BCUT2D eigenvalue weighted by Crippen LogP contribution is 2.32. The number of esters is 1. The Morgan fingerprint density at radius 3 is 2.72 bits per heavy atom. The number of amides is 1. The first kappa shape index (κ1) is 18.9. The van der Waals surface area contributed by atoms with Gasteiger partial charge in [-0.2, -0.15) is 5.10 Å². The average Bonchev–Trinajstić information content (AvgIpc) is 2.60. The molecule has 0 atom stereocenters. The predicted octanol–water partition coefficient (Wildman–Crippen LogP) is 3.43. The minimum Gasteiger partial charge on any atom is -0.483 e. The van der Waals surface area contributed by atoms with Crippen molar-refractivity contribution in [3.63, 3.8) is 0 Å². The van der Waals surface area contributed by atoms with Gasteiger partial charge in [0, 0.05) is 5.71 Å². The molecule has 1 N–H and O–H groups in total. The summed E-state index contributed by atoms with van der Waals surface area (Å²) in [5, 5.41) is 5.93. The Balaban J connectivity index is 1.90. The van der Waals surface area contributed by atoms with Crippen molar-refractivity contribution >= 4 is 44.3 Å². The number of ether oxygens (including phenoxy) is 2. The molecule has 0 heterocycles. The van der Waals surface area contributed by atoms with E-state index in [1.54, 1.807) is 19.9 Å². The van der Waals surface area contributed by atoms with Crippen molar-refractivity contribution in [2.75, 3.05) is 13.2 Å². The van der Waals surface area contributed by atoms with E-state index >= 15 is 0 Å². The van der Waals surface area contributed by atoms with Crippen LogP contribution in [0, 0.1) is 0 Å². The fourth-order valence-corrected chi connectivity index (χ4v) is 2.73. The summed E-state index contributed by atoms with van der Waals surface area (Å²) in [5.74, 6) is -0.223. The van der Waals surface area contributed by atoms with Gasteiger partial charge in [0.25, 0.3) is 5.91 Å². The quantitative estimate of drug-likeness (QED) is 0.434. The minimum absolute atomic E-state index is 0.0329. The van der Waals surface area contributed by atoms with Crippen molar-refractivity contribution in [2.45, 2.75) is 20.3 Å². The number of hydrogen-bond acceptors (Lipinski definition) is 5. The summed E-state index contributed by atoms with van der Waals surface area (Å²) in [6, 6.07) is 11.6. The smallest absolute Gasteiger partial charge is 0.311 e. The minimum atomic E-state index is -0.414. The largest absolute Gasteiger partial charge is 0.483 e. The molecule has 0 aromatic heterocycles. The predicted molar refractivity (Wildman–Crippen MR) is 99.6 cm³/mol. The van der Waals surface area contributed by atoms with Gasteiger partial charge >= 0.3 is 5.97 Å². The monoisotopic (exact) mass is 406 g/mol. The molecule has 0 radical (unpaired) electrons. The van der Waals surface area contributed by atoms with Gasteiger partial charge in [-0.15, -0.1) is 0 Å². The zero-order valence-corrected chi connectivity index (χ0v) is 15.6. The van der Waals surface area contributed by atoms with Gasteiger partial charge in [-0.3, -0.25) is 9.59 Å². The molecule has 0 aliphatic carbocycles. The van der Waals surface area contributed by atoms with Crippen molar-refractivity contribution in [3.05, 3.63) is 40.9 Å². The van der Waals surface area contributed by atoms with Crippen LogP contribution in [-0.2, 0) is 14.3 Å². The second kappa shape index (κ2) is 9.17. The standard InChI is InChI=1S/C18H19BrN2O4/c1-3-24-17(23)10-12(2)20-21-16(22)11-25-15-9-8-13-6-4-5-7-14(13)18(15)19/h4-9H,3,10-11H2,1-2H3,(H,21,22). The van der Waals surface area contributed by atoms with Gasteiger partial charge in [0.05, 0.1) is 17.5 Å². The number of benzene rings is 2. The van der Waals surface area contributed by atoms with Crippen LogP contribution < -0.4 is 10.2 Å². The molecule has 2 aromatic carbocycles. The van der Waals surface area contributed by atoms with Crippen LogP contribution in [0.2, 0.25) is 0 Å². The molecule has 0 saturated heterocycles. The molecular weight excluding hydrogens is 388 g/mol. The molecule has 0 aliphatic heterocycles. The first-order valence-corrected chi connectivity index (χ1v) is 8.58. The van der Waals surface area contributed by atoms with Crippen LogP contribution in [0.3, 0.4) is 0 Å². The maximum Gasteiger partial charge on any atom is 0.311 e. The van der Waals surface area contributed by atoms with E-state index in [0.29, 0.717) is 18.1 Å². The third kappa shape index (κ3) is 5.56. The molecule has 132 valence electrons. The zero-order valence-electron chi connectivity index (χ0n) is 14.0. The van der Waals surface area contributed by atoms with E-state index < -0.39 is 5.91 Å². The van der Waals surface area contributed by atoms with E-state index in [4.69, 9.17) is 9.47 Å². The highest BCUT2D eigenvalue weighted by molar-refractivity contribution is 9.10. The molecule has 0 aliphatic rings. The van der Waals surface area contributed by atoms with Crippen molar-refractivity contribution in [1.29, 1.82) is 0 Å². The number of nitrogens with zero attached hydrogens (tertiary/aromatic N) is 1. The molecule has 1 amide bonds. The first-order valence-electron chi connectivity index (χ1n) is 7.79. The molecule has 0 fully saturated rings. The van der Waals surface area contributed by atoms with Crippen LogP contribution in [-0.4, -0.2) is 30.8 Å². The average molecular weight is 407 g/mol. The number of halogens is 1. The lowest BCUT2D eigenvalue weighted by molar-refractivity contribution is -0.141. The normalized spacial score (nSPS) is 11.2. The molecule has 25 heavy (non-hydrogen) atoms. The Hall–Kier alpha value is -2.41. The van der Waals surface area contributed by atoms with E-state index in [1.165, 1.54) is 0 Å². The van der Waals surface area contributed by atoms with Crippen LogP contribution in [0.5, 0.6) is 5.75 Å². The van der Waals surface area contributed by atoms with Crippen LogP contribution in [0.4, 0.5) is 0 Å². The first-order chi connectivity index (χ1) is 12.0. The van der Waals surface area contributed by atoms with Crippen LogP contribution >= 0.6 is 15.9 Å². The Kier molecular flexibility index (Phi) is 6.94. The highest BCUT2D eigenvalue weighted by atomic mass is 79.9. The lowest BCUT2D eigenvalue weighted by atomic mass is 10.1. The SMILES string of the molecule is CCOC(=O)CC(C)=NNC(=O)COc1ccc2ccccc2c1Br. The van der Waals surface area contributed by atoms with E-state index in [1.807, 2.05) is 30.3 Å². The lowest BCUT2D eigenvalue weighted by Gasteiger charge is -2.10. The third-order valence-corrected chi connectivity index (χ3v) is 4.08. The zero-order chi connectivity index (χ0) is 18.2. The molecule has 7 heteroatoms. The summed E-state index contributed by atoms with van der Waals surface area (Å²) in [6.45, 7) is 3.49. The maximum absolute atomic E-state index is 11.8. The van der Waals surface area contributed by atoms with Crippen molar-refractivity contribution in [1.82, 2.24) is 5.43 Å². The molecule has 0 spiro atoms. The van der Waals surface area contributed by atoms with Gasteiger partial charge in [0.2, 0.25) is 0 Å². The maximum atomic E-state index is 11.8. The fraction of sp³-hybridized carbons (Fsp3) is 0.278. The second-order valence-electron chi connectivity index (χ2n) is 5.25. The van der Waals surface area contributed by atoms with Crippen LogP contribution in [0.15, 0.2) is 46.0 Å². The summed E-state index contributed by atoms with van der Waals surface area (Å²) in [6.07, 6.45) is 0.0329. The van der Waals surface area contributed by atoms with Crippen molar-refractivity contribution in [3.8, 4) is 5.75 Å². The number of hydrazone groups is 1. The van der Waals surface area contributed by atoms with E-state index in [9.17, 15) is 9.59 Å². The van der Waals surface area contributed by atoms with Crippen molar-refractivity contribution in [2.24, 2.45) is 5.10 Å². The van der Waals surface area contributed by atoms with Gasteiger partial charge in [0.1, 0.15) is 5.75 Å². The molecule has 2 rings (SSSR count). The van der Waals surface area contributed by atoms with Gasteiger partial charge in [-0.05, 0) is 46.6 Å². The van der Waals surface area contributed by atoms with E-state index in [-0.39, 0.29) is 19.0 Å². The topological polar surface area (TPSA) is 77.0 Å². The van der Waals surface area contributed by atoms with Crippen LogP contribution in [0.25, 0.3) is 10.8 Å². The molecular formula is C18H19BrN2O4. The van der Waals surface area contributed by atoms with Gasteiger partial charge in [-0.25, -0.2) is 5.43 Å². The van der Waals surface area contributed by atoms with Gasteiger partial charge < -0.3 is 9.47 Å². The summed E-state index contributed by atoms with van der Waals surface area (Å²) in [7, 11) is 0. The number of hydrogen-bond donors (Lipinski definition) is 1. The molecule has 0 bridgehead atoms. The number of rotatable bonds is 7. The molecule has 2 aromatic rings. The summed E-state index contributed by atoms with van der Waals surface area (Å²) >= 11 is 3.50. The van der Waals surface area contributed by atoms with Crippen molar-refractivity contribution < 1.29 is 19.1 Å². The Morgan fingerprint density at radius 2 is 1.96 bits per heavy atom. The number of carbonyl (C=O) groups is 2. The number of carbonyl (C=O) groups excluding carboxylic acids is 2. The number of nitrogens with one attached hydrogen (secondary N) is 1. The fourth-order valence-electron chi connectivity index (χ4n) is 2.12. The van der Waals surface area contributed by atoms with Crippen LogP contribution in [0.1, 0.15) is 20.3 Å². The van der Waals surface area contributed by atoms with E-state index in [0.717, 1.165) is 15.2 Å². The highest BCUT2D eigenvalue weighted by Gasteiger charge is 2.09. The summed E-state index contributed by atoms with van der Waals surface area (Å²) in [5.41, 5.74) is 2.81. The third-order valence-electron chi connectivity index (χ3n) is 3.26. The lowest BCUT2D eigenvalue weighted by Crippen LogP contribution is -2.26. The molecule has 0 saturated carbocycles. The van der Waals surface area contributed by atoms with Gasteiger partial charge in [-0.1, -0.05) is 30.3 Å². The summed E-state index contributed by atoms with van der Waals surface area (Å²) in [4.78, 5) is 23.1. The molecule has 6 nitrogen and oxygen atoms in total. The van der Waals surface area contributed by atoms with E-state index in [2.05, 4.69) is 26.5 Å². The Bertz CT molecular complexity index is 805. The summed E-state index contributed by atoms with van der Waals surface area (Å²) < 4.78 is 11.1. The Morgan fingerprint density at radius 1 is 1.20 bits per heavy atom. The Labute approximate surface area is 154 Å². The second-order valence-corrected chi connectivity index (χ2v) is 6.04. The number of fused-ring (bicyclic) bond motifs is 1.